The highest BCUT2D eigenvalue weighted by Gasteiger charge is 2.11. The fraction of sp³-hybridized carbons (Fsp3) is 0.364. The molecule has 9 nitrogen and oxygen atoms in total. The van der Waals surface area contributed by atoms with E-state index < -0.39 is 10.8 Å². The summed E-state index contributed by atoms with van der Waals surface area (Å²) in [5.74, 6) is 0.784. The lowest BCUT2D eigenvalue weighted by molar-refractivity contribution is -0.384. The molecule has 0 aromatic heterocycles. The van der Waals surface area contributed by atoms with Gasteiger partial charge in [0.05, 0.1) is 18.2 Å². The van der Waals surface area contributed by atoms with Crippen LogP contribution in [-0.4, -0.2) is 55.3 Å². The molecule has 1 saturated heterocycles. The summed E-state index contributed by atoms with van der Waals surface area (Å²) in [4.78, 5) is 24.7. The fourth-order valence-electron chi connectivity index (χ4n) is 3.32. The van der Waals surface area contributed by atoms with E-state index in [-0.39, 0.29) is 11.3 Å². The van der Waals surface area contributed by atoms with Crippen molar-refractivity contribution in [3.63, 3.8) is 0 Å². The minimum Gasteiger partial charge on any atom is -0.493 e. The molecule has 1 aliphatic rings. The Labute approximate surface area is 180 Å². The van der Waals surface area contributed by atoms with Gasteiger partial charge in [0.25, 0.3) is 11.6 Å². The first-order chi connectivity index (χ1) is 15.1. The number of non-ortho nitro benzene ring substituents is 1. The van der Waals surface area contributed by atoms with E-state index in [9.17, 15) is 14.9 Å². The number of carbonyl (C=O) groups excluding carboxylic acids is 1. The van der Waals surface area contributed by atoms with E-state index in [4.69, 9.17) is 9.47 Å². The summed E-state index contributed by atoms with van der Waals surface area (Å²) in [6.07, 6.45) is 5.29. The van der Waals surface area contributed by atoms with Crippen LogP contribution in [0.2, 0.25) is 0 Å². The van der Waals surface area contributed by atoms with Crippen molar-refractivity contribution in [1.29, 1.82) is 0 Å². The molecule has 1 N–H and O–H groups in total. The molecule has 164 valence electrons. The van der Waals surface area contributed by atoms with Crippen LogP contribution in [0.15, 0.2) is 47.6 Å². The highest BCUT2D eigenvalue weighted by molar-refractivity contribution is 5.95. The zero-order valence-corrected chi connectivity index (χ0v) is 17.5. The van der Waals surface area contributed by atoms with Crippen molar-refractivity contribution >= 4 is 17.8 Å². The van der Waals surface area contributed by atoms with Crippen molar-refractivity contribution in [1.82, 2.24) is 10.3 Å². The molecule has 31 heavy (non-hydrogen) atoms. The summed E-state index contributed by atoms with van der Waals surface area (Å²) in [5.41, 5.74) is 3.33. The predicted molar refractivity (Wildman–Crippen MR) is 117 cm³/mol. The standard InChI is InChI=1S/C22H26N4O5/c1-30-21-15-17(5-10-20(21)31-14-13-25-11-3-2-4-12-25)16-23-24-22(27)18-6-8-19(9-7-18)26(28)29/h5-10,15-16H,2-4,11-14H2,1H3,(H,24,27)/b23-16-. The normalized spacial score (nSPS) is 14.4. The Kier molecular flexibility index (Phi) is 7.94. The summed E-state index contributed by atoms with van der Waals surface area (Å²) in [5, 5.41) is 14.6. The average molecular weight is 426 g/mol. The number of rotatable bonds is 9. The lowest BCUT2D eigenvalue weighted by Crippen LogP contribution is -2.33. The molecule has 9 heteroatoms. The van der Waals surface area contributed by atoms with Gasteiger partial charge < -0.3 is 9.47 Å². The van der Waals surface area contributed by atoms with Gasteiger partial charge in [-0.15, -0.1) is 0 Å². The number of hydrogen-bond acceptors (Lipinski definition) is 7. The van der Waals surface area contributed by atoms with Gasteiger partial charge in [-0.05, 0) is 61.8 Å². The molecule has 0 unspecified atom stereocenters. The summed E-state index contributed by atoms with van der Waals surface area (Å²) in [6, 6.07) is 10.7. The van der Waals surface area contributed by atoms with Gasteiger partial charge in [-0.2, -0.15) is 5.10 Å². The van der Waals surface area contributed by atoms with Crippen LogP contribution in [0.1, 0.15) is 35.2 Å². The number of nitrogens with zero attached hydrogens (tertiary/aromatic N) is 3. The SMILES string of the molecule is COc1cc(/C=N\NC(=O)c2ccc([N+](=O)[O-])cc2)ccc1OCCN1CCCCC1. The molecule has 0 atom stereocenters. The molecule has 2 aromatic carbocycles. The number of nitro groups is 1. The Bertz CT molecular complexity index is 924. The average Bonchev–Trinajstić information content (AvgIpc) is 2.80. The highest BCUT2D eigenvalue weighted by Crippen LogP contribution is 2.27. The van der Waals surface area contributed by atoms with Crippen LogP contribution in [0.5, 0.6) is 11.5 Å². The van der Waals surface area contributed by atoms with Crippen LogP contribution in [0, 0.1) is 10.1 Å². The van der Waals surface area contributed by atoms with E-state index in [1.165, 1.54) is 49.7 Å². The third-order valence-electron chi connectivity index (χ3n) is 5.02. The summed E-state index contributed by atoms with van der Waals surface area (Å²) in [6.45, 7) is 3.74. The van der Waals surface area contributed by atoms with Crippen molar-refractivity contribution in [2.75, 3.05) is 33.4 Å². The van der Waals surface area contributed by atoms with E-state index in [1.54, 1.807) is 13.2 Å². The molecule has 3 rings (SSSR count). The number of nitro benzene ring substituents is 1. The molecular formula is C22H26N4O5. The third-order valence-corrected chi connectivity index (χ3v) is 5.02. The van der Waals surface area contributed by atoms with Crippen LogP contribution in [0.25, 0.3) is 0 Å². The number of nitrogens with one attached hydrogen (secondary N) is 1. The number of hydrogen-bond donors (Lipinski definition) is 1. The van der Waals surface area contributed by atoms with Crippen molar-refractivity contribution in [3.8, 4) is 11.5 Å². The number of piperidine rings is 1. The van der Waals surface area contributed by atoms with Gasteiger partial charge in [-0.25, -0.2) is 5.43 Å². The van der Waals surface area contributed by atoms with Gasteiger partial charge in [0.1, 0.15) is 6.61 Å². The van der Waals surface area contributed by atoms with Crippen LogP contribution < -0.4 is 14.9 Å². The minimum absolute atomic E-state index is 0.0783. The monoisotopic (exact) mass is 426 g/mol. The number of hydrazone groups is 1. The number of ether oxygens (including phenoxy) is 2. The molecule has 2 aromatic rings. The summed E-state index contributed by atoms with van der Waals surface area (Å²) >= 11 is 0. The lowest BCUT2D eigenvalue weighted by Gasteiger charge is -2.26. The Morgan fingerprint density at radius 2 is 1.90 bits per heavy atom. The molecule has 0 aliphatic carbocycles. The first-order valence-corrected chi connectivity index (χ1v) is 10.2. The molecule has 0 saturated carbocycles. The van der Waals surface area contributed by atoms with Gasteiger partial charge in [0, 0.05) is 24.2 Å². The number of benzene rings is 2. The quantitative estimate of drug-likeness (QED) is 0.375. The summed E-state index contributed by atoms with van der Waals surface area (Å²) < 4.78 is 11.3. The molecule has 1 fully saturated rings. The number of amides is 1. The lowest BCUT2D eigenvalue weighted by atomic mass is 10.1. The van der Waals surface area contributed by atoms with Crippen molar-refractivity contribution in [2.45, 2.75) is 19.3 Å². The minimum atomic E-state index is -0.520. The first-order valence-electron chi connectivity index (χ1n) is 10.2. The number of likely N-dealkylation sites (tertiary alicyclic amines) is 1. The third kappa shape index (κ3) is 6.51. The maximum absolute atomic E-state index is 12.1. The number of methoxy groups -OCH3 is 1. The first kappa shape index (κ1) is 22.2. The molecule has 0 spiro atoms. The van der Waals surface area contributed by atoms with Crippen LogP contribution in [0.3, 0.4) is 0 Å². The predicted octanol–water partition coefficient (Wildman–Crippen LogP) is 3.23. The highest BCUT2D eigenvalue weighted by atomic mass is 16.6. The smallest absolute Gasteiger partial charge is 0.271 e. The second-order valence-corrected chi connectivity index (χ2v) is 7.16. The van der Waals surface area contributed by atoms with Gasteiger partial charge in [0.15, 0.2) is 11.5 Å². The van der Waals surface area contributed by atoms with E-state index in [0.29, 0.717) is 18.1 Å². The largest absolute Gasteiger partial charge is 0.493 e. The fourth-order valence-corrected chi connectivity index (χ4v) is 3.32. The molecule has 0 radical (unpaired) electrons. The van der Waals surface area contributed by atoms with Gasteiger partial charge in [-0.1, -0.05) is 6.42 Å². The Hall–Kier alpha value is -3.46. The number of carbonyl (C=O) groups is 1. The van der Waals surface area contributed by atoms with Crippen molar-refractivity contribution in [3.05, 3.63) is 63.7 Å². The second-order valence-electron chi connectivity index (χ2n) is 7.16. The van der Waals surface area contributed by atoms with Crippen LogP contribution >= 0.6 is 0 Å². The molecule has 1 heterocycles. The molecule has 1 amide bonds. The van der Waals surface area contributed by atoms with Crippen molar-refractivity contribution in [2.24, 2.45) is 5.10 Å². The van der Waals surface area contributed by atoms with E-state index in [0.717, 1.165) is 25.2 Å². The van der Waals surface area contributed by atoms with Crippen LogP contribution in [-0.2, 0) is 0 Å². The van der Waals surface area contributed by atoms with Gasteiger partial charge in [-0.3, -0.25) is 19.8 Å². The van der Waals surface area contributed by atoms with Crippen molar-refractivity contribution < 1.29 is 19.2 Å². The summed E-state index contributed by atoms with van der Waals surface area (Å²) in [7, 11) is 1.57. The van der Waals surface area contributed by atoms with E-state index in [2.05, 4.69) is 15.4 Å². The van der Waals surface area contributed by atoms with Gasteiger partial charge in [0.2, 0.25) is 0 Å². The Balaban J connectivity index is 1.52. The maximum Gasteiger partial charge on any atom is 0.271 e. The Morgan fingerprint density at radius 3 is 2.58 bits per heavy atom. The maximum atomic E-state index is 12.1. The second kappa shape index (κ2) is 11.1. The van der Waals surface area contributed by atoms with E-state index >= 15 is 0 Å². The Morgan fingerprint density at radius 1 is 1.16 bits per heavy atom. The van der Waals surface area contributed by atoms with Gasteiger partial charge >= 0.3 is 0 Å². The zero-order valence-electron chi connectivity index (χ0n) is 17.5. The van der Waals surface area contributed by atoms with E-state index in [1.807, 2.05) is 12.1 Å². The molecule has 1 aliphatic heterocycles. The zero-order chi connectivity index (χ0) is 22.1. The van der Waals surface area contributed by atoms with Crippen LogP contribution in [0.4, 0.5) is 5.69 Å². The molecule has 0 bridgehead atoms. The topological polar surface area (TPSA) is 106 Å². The molecular weight excluding hydrogens is 400 g/mol.